The van der Waals surface area contributed by atoms with E-state index < -0.39 is 17.9 Å². The van der Waals surface area contributed by atoms with Crippen LogP contribution in [0.2, 0.25) is 5.02 Å². The Labute approximate surface area is 184 Å². The van der Waals surface area contributed by atoms with E-state index in [9.17, 15) is 18.8 Å². The molecule has 2 heterocycles. The number of pyridine rings is 1. The maximum absolute atomic E-state index is 14.1. The van der Waals surface area contributed by atoms with Gasteiger partial charge in [0.25, 0.3) is 5.91 Å². The Hall–Kier alpha value is -3.26. The van der Waals surface area contributed by atoms with Gasteiger partial charge in [0, 0.05) is 44.7 Å². The SMILES string of the molecule is C=CC(=O)N1CCN(C(C)=O)[C@@H](c2cc(Cl)cc(-c3cc(F)nc(C(=O)NC)c3)c2)C1. The summed E-state index contributed by atoms with van der Waals surface area (Å²) in [5.41, 5.74) is 1.60. The quantitative estimate of drug-likeness (QED) is 0.580. The number of benzene rings is 1. The molecule has 3 rings (SSSR count). The van der Waals surface area contributed by atoms with E-state index in [1.54, 1.807) is 28.0 Å². The molecule has 0 radical (unpaired) electrons. The number of aromatic nitrogens is 1. The fraction of sp³-hybridized carbons (Fsp3) is 0.273. The number of piperazine rings is 1. The van der Waals surface area contributed by atoms with Gasteiger partial charge in [-0.25, -0.2) is 4.98 Å². The van der Waals surface area contributed by atoms with E-state index >= 15 is 0 Å². The van der Waals surface area contributed by atoms with Crippen LogP contribution in [0.3, 0.4) is 0 Å². The molecule has 0 saturated carbocycles. The summed E-state index contributed by atoms with van der Waals surface area (Å²) < 4.78 is 14.1. The van der Waals surface area contributed by atoms with Crippen molar-refractivity contribution in [2.24, 2.45) is 0 Å². The molecule has 3 amide bonds. The van der Waals surface area contributed by atoms with Crippen molar-refractivity contribution in [3.8, 4) is 11.1 Å². The van der Waals surface area contributed by atoms with Gasteiger partial charge in [0.2, 0.25) is 17.8 Å². The predicted octanol–water partition coefficient (Wildman–Crippen LogP) is 2.82. The molecule has 1 fully saturated rings. The van der Waals surface area contributed by atoms with Crippen molar-refractivity contribution in [1.82, 2.24) is 20.1 Å². The Balaban J connectivity index is 2.06. The Bertz CT molecular complexity index is 1060. The minimum Gasteiger partial charge on any atom is -0.354 e. The van der Waals surface area contributed by atoms with Gasteiger partial charge in [-0.15, -0.1) is 0 Å². The van der Waals surface area contributed by atoms with Crippen molar-refractivity contribution in [2.75, 3.05) is 26.7 Å². The molecule has 0 unspecified atom stereocenters. The summed E-state index contributed by atoms with van der Waals surface area (Å²) in [6, 6.07) is 7.37. The van der Waals surface area contributed by atoms with E-state index in [-0.39, 0.29) is 24.1 Å². The summed E-state index contributed by atoms with van der Waals surface area (Å²) in [5.74, 6) is -1.67. The number of rotatable bonds is 4. The molecule has 31 heavy (non-hydrogen) atoms. The summed E-state index contributed by atoms with van der Waals surface area (Å²) in [4.78, 5) is 43.2. The lowest BCUT2D eigenvalue weighted by atomic mass is 9.96. The van der Waals surface area contributed by atoms with Crippen molar-refractivity contribution in [1.29, 1.82) is 0 Å². The lowest BCUT2D eigenvalue weighted by Crippen LogP contribution is -2.51. The molecule has 1 aromatic heterocycles. The summed E-state index contributed by atoms with van der Waals surface area (Å²) >= 11 is 6.35. The van der Waals surface area contributed by atoms with Crippen LogP contribution in [0.5, 0.6) is 0 Å². The zero-order valence-electron chi connectivity index (χ0n) is 17.2. The maximum Gasteiger partial charge on any atom is 0.269 e. The first-order valence-corrected chi connectivity index (χ1v) is 10.0. The molecular weight excluding hydrogens is 423 g/mol. The van der Waals surface area contributed by atoms with Crippen LogP contribution in [-0.2, 0) is 9.59 Å². The van der Waals surface area contributed by atoms with Gasteiger partial charge in [0.05, 0.1) is 6.04 Å². The van der Waals surface area contributed by atoms with E-state index in [2.05, 4.69) is 16.9 Å². The average Bonchev–Trinajstić information content (AvgIpc) is 2.76. The molecule has 162 valence electrons. The highest BCUT2D eigenvalue weighted by molar-refractivity contribution is 6.31. The predicted molar refractivity (Wildman–Crippen MR) is 115 cm³/mol. The van der Waals surface area contributed by atoms with E-state index in [1.165, 1.54) is 32.2 Å². The van der Waals surface area contributed by atoms with Crippen LogP contribution in [0.4, 0.5) is 4.39 Å². The molecule has 1 N–H and O–H groups in total. The fourth-order valence-corrected chi connectivity index (χ4v) is 3.90. The smallest absolute Gasteiger partial charge is 0.269 e. The van der Waals surface area contributed by atoms with Crippen molar-refractivity contribution in [3.63, 3.8) is 0 Å². The Morgan fingerprint density at radius 3 is 2.55 bits per heavy atom. The number of carbonyl (C=O) groups is 3. The van der Waals surface area contributed by atoms with Gasteiger partial charge in [0.1, 0.15) is 5.69 Å². The van der Waals surface area contributed by atoms with Crippen molar-refractivity contribution in [2.45, 2.75) is 13.0 Å². The average molecular weight is 445 g/mol. The minimum atomic E-state index is -0.802. The first-order valence-electron chi connectivity index (χ1n) is 9.62. The molecule has 0 spiro atoms. The molecule has 1 aliphatic rings. The van der Waals surface area contributed by atoms with Crippen molar-refractivity contribution < 1.29 is 18.8 Å². The van der Waals surface area contributed by atoms with Crippen LogP contribution in [0.15, 0.2) is 43.0 Å². The summed E-state index contributed by atoms with van der Waals surface area (Å²) in [6.45, 7) is 6.04. The van der Waals surface area contributed by atoms with Gasteiger partial charge in [-0.05, 0) is 47.0 Å². The molecule has 1 saturated heterocycles. The number of carbonyl (C=O) groups excluding carboxylic acids is 3. The summed E-state index contributed by atoms with van der Waals surface area (Å²) in [7, 11) is 1.43. The topological polar surface area (TPSA) is 82.6 Å². The Morgan fingerprint density at radius 1 is 1.19 bits per heavy atom. The second-order valence-electron chi connectivity index (χ2n) is 7.13. The molecular formula is C22H22ClFN4O3. The number of amides is 3. The monoisotopic (exact) mass is 444 g/mol. The van der Waals surface area contributed by atoms with Gasteiger partial charge in [-0.3, -0.25) is 14.4 Å². The molecule has 9 heteroatoms. The second-order valence-corrected chi connectivity index (χ2v) is 7.57. The van der Waals surface area contributed by atoms with Crippen molar-refractivity contribution in [3.05, 3.63) is 65.2 Å². The van der Waals surface area contributed by atoms with Crippen LogP contribution < -0.4 is 5.32 Å². The lowest BCUT2D eigenvalue weighted by molar-refractivity contribution is -0.139. The minimum absolute atomic E-state index is 0.0650. The van der Waals surface area contributed by atoms with Crippen LogP contribution >= 0.6 is 11.6 Å². The van der Waals surface area contributed by atoms with Gasteiger partial charge in [0.15, 0.2) is 0 Å². The number of hydrogen-bond donors (Lipinski definition) is 1. The first kappa shape index (κ1) is 22.4. The molecule has 1 aromatic carbocycles. The van der Waals surface area contributed by atoms with Crippen LogP contribution in [-0.4, -0.2) is 59.2 Å². The van der Waals surface area contributed by atoms with Gasteiger partial charge < -0.3 is 15.1 Å². The maximum atomic E-state index is 14.1. The standard InChI is InChI=1S/C22H22ClFN4O3/c1-4-21(30)27-5-6-28(13(2)29)19(12-27)16-7-14(8-17(23)9-16)15-10-18(22(31)25-3)26-20(24)11-15/h4,7-11,19H,1,5-6,12H2,2-3H3,(H,25,31)/t19-/m1/s1. The largest absolute Gasteiger partial charge is 0.354 e. The van der Waals surface area contributed by atoms with E-state index in [1.807, 2.05) is 0 Å². The third-order valence-electron chi connectivity index (χ3n) is 5.16. The first-order chi connectivity index (χ1) is 14.7. The summed E-state index contributed by atoms with van der Waals surface area (Å²) in [6.07, 6.45) is 1.24. The fourth-order valence-electron chi connectivity index (χ4n) is 3.65. The molecule has 0 bridgehead atoms. The number of nitrogens with one attached hydrogen (secondary N) is 1. The van der Waals surface area contributed by atoms with Gasteiger partial charge in [-0.2, -0.15) is 4.39 Å². The van der Waals surface area contributed by atoms with Gasteiger partial charge in [-0.1, -0.05) is 18.2 Å². The highest BCUT2D eigenvalue weighted by atomic mass is 35.5. The zero-order valence-corrected chi connectivity index (χ0v) is 17.9. The third kappa shape index (κ3) is 4.91. The Morgan fingerprint density at radius 2 is 1.90 bits per heavy atom. The molecule has 2 aromatic rings. The molecule has 1 atom stereocenters. The van der Waals surface area contributed by atoms with E-state index in [4.69, 9.17) is 11.6 Å². The normalized spacial score (nSPS) is 16.1. The number of halogens is 2. The van der Waals surface area contributed by atoms with Crippen LogP contribution in [0.25, 0.3) is 11.1 Å². The zero-order chi connectivity index (χ0) is 22.7. The van der Waals surface area contributed by atoms with Crippen LogP contribution in [0.1, 0.15) is 29.0 Å². The molecule has 7 nitrogen and oxygen atoms in total. The second kappa shape index (κ2) is 9.26. The molecule has 1 aliphatic heterocycles. The number of hydrogen-bond acceptors (Lipinski definition) is 4. The van der Waals surface area contributed by atoms with Crippen molar-refractivity contribution >= 4 is 29.3 Å². The van der Waals surface area contributed by atoms with E-state index in [0.29, 0.717) is 34.8 Å². The van der Waals surface area contributed by atoms with Crippen LogP contribution in [0, 0.1) is 5.95 Å². The lowest BCUT2D eigenvalue weighted by Gasteiger charge is -2.41. The highest BCUT2D eigenvalue weighted by Crippen LogP contribution is 2.32. The number of nitrogens with zero attached hydrogens (tertiary/aromatic N) is 3. The Kier molecular flexibility index (Phi) is 6.70. The third-order valence-corrected chi connectivity index (χ3v) is 5.38. The van der Waals surface area contributed by atoms with E-state index in [0.717, 1.165) is 0 Å². The highest BCUT2D eigenvalue weighted by Gasteiger charge is 2.31. The molecule has 0 aliphatic carbocycles. The summed E-state index contributed by atoms with van der Waals surface area (Å²) in [5, 5.41) is 2.79. The van der Waals surface area contributed by atoms with Gasteiger partial charge >= 0.3 is 0 Å².